The van der Waals surface area contributed by atoms with Gasteiger partial charge in [0, 0.05) is 24.7 Å². The van der Waals surface area contributed by atoms with Crippen LogP contribution in [0.25, 0.3) is 10.9 Å². The van der Waals surface area contributed by atoms with Crippen LogP contribution in [0, 0.1) is 0 Å². The van der Waals surface area contributed by atoms with Crippen LogP contribution >= 0.6 is 12.2 Å². The topological polar surface area (TPSA) is 75.8 Å². The lowest BCUT2D eigenvalue weighted by molar-refractivity contribution is 0.323. The van der Waals surface area contributed by atoms with Crippen molar-refractivity contribution in [3.63, 3.8) is 0 Å². The first-order valence-electron chi connectivity index (χ1n) is 10.5. The Kier molecular flexibility index (Phi) is 6.23. The van der Waals surface area contributed by atoms with Crippen molar-refractivity contribution in [2.75, 3.05) is 34.4 Å². The van der Waals surface area contributed by atoms with Crippen molar-refractivity contribution in [2.24, 2.45) is 0 Å². The highest BCUT2D eigenvalue weighted by Gasteiger charge is 2.33. The lowest BCUT2D eigenvalue weighted by Crippen LogP contribution is -2.47. The van der Waals surface area contributed by atoms with Gasteiger partial charge in [0.1, 0.15) is 5.75 Å². The van der Waals surface area contributed by atoms with Crippen LogP contribution in [0.1, 0.15) is 29.7 Å². The van der Waals surface area contributed by atoms with Crippen LogP contribution in [-0.4, -0.2) is 49.4 Å². The molecule has 0 aliphatic carbocycles. The Hall–Kier alpha value is -3.26. The molecule has 3 aromatic rings. The summed E-state index contributed by atoms with van der Waals surface area (Å²) in [5, 5.41) is 4.78. The smallest absolute Gasteiger partial charge is 0.254 e. The van der Waals surface area contributed by atoms with E-state index in [2.05, 4.69) is 15.2 Å². The van der Waals surface area contributed by atoms with Gasteiger partial charge in [-0.05, 0) is 72.4 Å². The first kappa shape index (κ1) is 22.0. The Morgan fingerprint density at radius 3 is 2.53 bits per heavy atom. The molecule has 0 bridgehead atoms. The van der Waals surface area contributed by atoms with Crippen LogP contribution in [0.3, 0.4) is 0 Å². The molecule has 0 radical (unpaired) electrons. The van der Waals surface area contributed by atoms with E-state index in [9.17, 15) is 4.79 Å². The van der Waals surface area contributed by atoms with Gasteiger partial charge in [0.2, 0.25) is 0 Å². The van der Waals surface area contributed by atoms with Gasteiger partial charge in [-0.3, -0.25) is 4.79 Å². The van der Waals surface area contributed by atoms with Crippen molar-refractivity contribution in [1.82, 2.24) is 15.2 Å². The third-order valence-electron chi connectivity index (χ3n) is 5.84. The molecule has 0 spiro atoms. The molecule has 0 saturated heterocycles. The number of thiocarbonyl (C=S) groups is 1. The van der Waals surface area contributed by atoms with Crippen LogP contribution in [0.4, 0.5) is 0 Å². The predicted molar refractivity (Wildman–Crippen MR) is 129 cm³/mol. The Bertz CT molecular complexity index is 1220. The first-order chi connectivity index (χ1) is 15.5. The average molecular weight is 454 g/mol. The molecular weight excluding hydrogens is 426 g/mol. The van der Waals surface area contributed by atoms with Crippen molar-refractivity contribution in [2.45, 2.75) is 19.4 Å². The molecule has 32 heavy (non-hydrogen) atoms. The zero-order valence-electron chi connectivity index (χ0n) is 18.7. The molecule has 1 atom stereocenters. The van der Waals surface area contributed by atoms with E-state index in [1.54, 1.807) is 21.3 Å². The monoisotopic (exact) mass is 453 g/mol. The molecule has 0 fully saturated rings. The van der Waals surface area contributed by atoms with Crippen LogP contribution in [0.15, 0.2) is 41.2 Å². The molecule has 4 rings (SSSR count). The Labute approximate surface area is 192 Å². The summed E-state index contributed by atoms with van der Waals surface area (Å²) in [5.74, 6) is 1.98. The molecule has 1 aromatic heterocycles. The zero-order valence-corrected chi connectivity index (χ0v) is 19.5. The Morgan fingerprint density at radius 2 is 1.84 bits per heavy atom. The van der Waals surface area contributed by atoms with Gasteiger partial charge in [-0.2, -0.15) is 0 Å². The fourth-order valence-corrected chi connectivity index (χ4v) is 4.62. The van der Waals surface area contributed by atoms with Gasteiger partial charge in [-0.25, -0.2) is 0 Å². The van der Waals surface area contributed by atoms with Crippen molar-refractivity contribution in [3.8, 4) is 17.2 Å². The van der Waals surface area contributed by atoms with Crippen LogP contribution < -0.4 is 25.1 Å². The minimum Gasteiger partial charge on any atom is -0.497 e. The number of hydrogen-bond donors (Lipinski definition) is 2. The second-order valence-corrected chi connectivity index (χ2v) is 7.98. The van der Waals surface area contributed by atoms with E-state index in [1.165, 1.54) is 0 Å². The average Bonchev–Trinajstić information content (AvgIpc) is 2.81. The predicted octanol–water partition coefficient (Wildman–Crippen LogP) is 3.40. The fraction of sp³-hybridized carbons (Fsp3) is 0.333. The van der Waals surface area contributed by atoms with E-state index >= 15 is 0 Å². The van der Waals surface area contributed by atoms with Gasteiger partial charge in [0.25, 0.3) is 5.56 Å². The minimum absolute atomic E-state index is 0.164. The van der Waals surface area contributed by atoms with Gasteiger partial charge in [0.15, 0.2) is 16.6 Å². The summed E-state index contributed by atoms with van der Waals surface area (Å²) < 4.78 is 16.4. The van der Waals surface area contributed by atoms with Crippen molar-refractivity contribution >= 4 is 28.2 Å². The molecule has 1 aliphatic heterocycles. The highest BCUT2D eigenvalue weighted by molar-refractivity contribution is 7.80. The number of pyridine rings is 1. The molecule has 7 nitrogen and oxygen atoms in total. The van der Waals surface area contributed by atoms with Crippen molar-refractivity contribution < 1.29 is 14.2 Å². The van der Waals surface area contributed by atoms with E-state index in [1.807, 2.05) is 43.3 Å². The molecule has 1 aliphatic rings. The number of benzene rings is 2. The first-order valence-corrected chi connectivity index (χ1v) is 10.9. The number of methoxy groups -OCH3 is 3. The maximum Gasteiger partial charge on any atom is 0.254 e. The van der Waals surface area contributed by atoms with Crippen LogP contribution in [-0.2, 0) is 6.42 Å². The number of rotatable bonds is 5. The van der Waals surface area contributed by atoms with Gasteiger partial charge in [-0.1, -0.05) is 0 Å². The second kappa shape index (κ2) is 9.08. The molecule has 2 aromatic carbocycles. The molecule has 0 amide bonds. The van der Waals surface area contributed by atoms with E-state index < -0.39 is 0 Å². The fourth-order valence-electron chi connectivity index (χ4n) is 4.28. The summed E-state index contributed by atoms with van der Waals surface area (Å²) in [5.41, 5.74) is 3.27. The molecule has 8 heteroatoms. The Morgan fingerprint density at radius 1 is 1.09 bits per heavy atom. The Balaban J connectivity index is 1.93. The van der Waals surface area contributed by atoms with Crippen molar-refractivity contribution in [3.05, 3.63) is 63.4 Å². The van der Waals surface area contributed by atoms with Crippen molar-refractivity contribution in [1.29, 1.82) is 0 Å². The number of fused-ring (bicyclic) bond motifs is 2. The summed E-state index contributed by atoms with van der Waals surface area (Å²) in [6.07, 6.45) is 0.778. The third kappa shape index (κ3) is 3.86. The lowest BCUT2D eigenvalue weighted by atomic mass is 9.88. The summed E-state index contributed by atoms with van der Waals surface area (Å²) in [7, 11) is 4.84. The number of H-pyrrole nitrogens is 1. The number of ether oxygens (including phenoxy) is 3. The van der Waals surface area contributed by atoms with E-state index in [0.29, 0.717) is 41.0 Å². The molecule has 2 N–H and O–H groups in total. The lowest BCUT2D eigenvalue weighted by Gasteiger charge is -2.39. The third-order valence-corrected chi connectivity index (χ3v) is 6.22. The SMILES string of the molecule is CCNC(=S)N1CCc2cc(OC)c(OC)cc2[C@H]1c1cc2ccc(OC)cc2[nH]c1=O. The highest BCUT2D eigenvalue weighted by Crippen LogP contribution is 2.40. The number of aromatic amines is 1. The number of aromatic nitrogens is 1. The molecule has 0 unspecified atom stereocenters. The largest absolute Gasteiger partial charge is 0.497 e. The standard InChI is InChI=1S/C24H27N3O4S/c1-5-25-24(32)27-9-8-14-11-20(30-3)21(31-4)13-17(14)22(27)18-10-15-6-7-16(29-2)12-19(15)26-23(18)28/h6-7,10-13,22H,5,8-9H2,1-4H3,(H,25,32)(H,26,28)/t22-/m0/s1. The quantitative estimate of drug-likeness (QED) is 0.574. The number of nitrogens with zero attached hydrogens (tertiary/aromatic N) is 1. The van der Waals surface area contributed by atoms with E-state index in [4.69, 9.17) is 26.4 Å². The van der Waals surface area contributed by atoms with Gasteiger partial charge in [0.05, 0.1) is 32.9 Å². The highest BCUT2D eigenvalue weighted by atomic mass is 32.1. The van der Waals surface area contributed by atoms with Crippen LogP contribution in [0.2, 0.25) is 0 Å². The normalized spacial score (nSPS) is 15.2. The molecule has 2 heterocycles. The zero-order chi connectivity index (χ0) is 22.8. The minimum atomic E-state index is -0.361. The summed E-state index contributed by atoms with van der Waals surface area (Å²) >= 11 is 5.69. The maximum atomic E-state index is 13.3. The van der Waals surface area contributed by atoms with Gasteiger partial charge < -0.3 is 29.4 Å². The van der Waals surface area contributed by atoms with E-state index in [0.717, 1.165) is 28.5 Å². The molecule has 168 valence electrons. The number of hydrogen-bond acceptors (Lipinski definition) is 5. The maximum absolute atomic E-state index is 13.3. The van der Waals surface area contributed by atoms with Crippen LogP contribution in [0.5, 0.6) is 17.2 Å². The molecule has 0 saturated carbocycles. The molecular formula is C24H27N3O4S. The second-order valence-electron chi connectivity index (χ2n) is 7.59. The summed E-state index contributed by atoms with van der Waals surface area (Å²) in [6, 6.07) is 11.2. The summed E-state index contributed by atoms with van der Waals surface area (Å²) in [4.78, 5) is 18.4. The van der Waals surface area contributed by atoms with E-state index in [-0.39, 0.29) is 11.6 Å². The van der Waals surface area contributed by atoms with Gasteiger partial charge in [-0.15, -0.1) is 0 Å². The van der Waals surface area contributed by atoms with Gasteiger partial charge >= 0.3 is 0 Å². The number of nitrogens with one attached hydrogen (secondary N) is 2. The summed E-state index contributed by atoms with van der Waals surface area (Å²) in [6.45, 7) is 3.39.